The van der Waals surface area contributed by atoms with E-state index in [1.807, 2.05) is 0 Å². The number of fused-ring (bicyclic) bond motifs is 1. The van der Waals surface area contributed by atoms with Crippen LogP contribution in [0.5, 0.6) is 0 Å². The van der Waals surface area contributed by atoms with Crippen molar-refractivity contribution in [2.45, 2.75) is 6.04 Å². The molecule has 42 heavy (non-hydrogen) atoms. The molecule has 1 unspecified atom stereocenters. The molecule has 0 saturated heterocycles. The lowest BCUT2D eigenvalue weighted by molar-refractivity contribution is -0.384. The number of anilines is 1. The average molecular weight is 573 g/mol. The largest absolute Gasteiger partial charge is 0.859 e. The number of hydrazine groups is 1. The molecule has 5 N–H and O–H groups in total. The number of rotatable bonds is 9. The third-order valence-electron chi connectivity index (χ3n) is 5.68. The molecule has 2 aliphatic rings. The second-order valence-corrected chi connectivity index (χ2v) is 8.28. The van der Waals surface area contributed by atoms with Crippen molar-refractivity contribution in [1.29, 1.82) is 5.26 Å². The number of nitriles is 1. The fourth-order valence-electron chi connectivity index (χ4n) is 3.69. The van der Waals surface area contributed by atoms with Crippen LogP contribution in [0.3, 0.4) is 0 Å². The second-order valence-electron chi connectivity index (χ2n) is 8.28. The summed E-state index contributed by atoms with van der Waals surface area (Å²) in [7, 11) is 0. The first-order valence-corrected chi connectivity index (χ1v) is 11.5. The Balaban J connectivity index is 1.81. The first kappa shape index (κ1) is 28.7. The molecule has 4 rings (SSSR count). The molecule has 18 nitrogen and oxygen atoms in total. The number of benzene rings is 2. The number of H-pyrrole nitrogens is 1. The van der Waals surface area contributed by atoms with Crippen molar-refractivity contribution < 1.29 is 20.0 Å². The predicted octanol–water partition coefficient (Wildman–Crippen LogP) is 0.263. The highest BCUT2D eigenvalue weighted by Crippen LogP contribution is 2.28. The van der Waals surface area contributed by atoms with Crippen molar-refractivity contribution in [3.05, 3.63) is 127 Å². The number of carbonyl (C=O) groups is 1. The van der Waals surface area contributed by atoms with Gasteiger partial charge in [-0.25, -0.2) is 5.23 Å². The first-order chi connectivity index (χ1) is 20.1. The van der Waals surface area contributed by atoms with Gasteiger partial charge in [-0.3, -0.25) is 35.7 Å². The van der Waals surface area contributed by atoms with Crippen LogP contribution in [0.15, 0.2) is 78.7 Å². The highest BCUT2D eigenvalue weighted by Gasteiger charge is 2.23. The Morgan fingerprint density at radius 2 is 1.83 bits per heavy atom. The number of hydroxylamine groups is 2. The van der Waals surface area contributed by atoms with Gasteiger partial charge in [-0.05, 0) is 30.1 Å². The molecule has 1 aromatic carbocycles. The van der Waals surface area contributed by atoms with Gasteiger partial charge in [-0.1, -0.05) is 0 Å². The number of aromatic nitrogens is 3. The third kappa shape index (κ3) is 6.29. The van der Waals surface area contributed by atoms with Crippen LogP contribution in [-0.2, 0) is 0 Å². The molecular weight excluding hydrogens is 556 g/mol. The molecule has 0 saturated carbocycles. The minimum absolute atomic E-state index is 0.0660. The van der Waals surface area contributed by atoms with E-state index in [0.29, 0.717) is 0 Å². The van der Waals surface area contributed by atoms with Gasteiger partial charge in [-0.15, -0.1) is 0 Å². The zero-order valence-corrected chi connectivity index (χ0v) is 20.9. The SMILES string of the molecule is N#Cc1cc([N+](=O)[O-])ccc1NC([O-])=C(NNC(=O)c1ccncc1)C(c1cnc2ccc(=[N+]([O-])[O-])cc-2[nH]1)N([O-])O. The number of nitro benzene ring substituents is 1. The lowest BCUT2D eigenvalue weighted by Gasteiger charge is -2.36. The van der Waals surface area contributed by atoms with Gasteiger partial charge in [0.05, 0.1) is 39.0 Å². The van der Waals surface area contributed by atoms with E-state index in [9.17, 15) is 46.1 Å². The van der Waals surface area contributed by atoms with Crippen LogP contribution in [0.1, 0.15) is 27.7 Å². The van der Waals surface area contributed by atoms with Gasteiger partial charge < -0.3 is 36.2 Å². The van der Waals surface area contributed by atoms with Gasteiger partial charge >= 0.3 is 0 Å². The van der Waals surface area contributed by atoms with E-state index in [1.54, 1.807) is 6.07 Å². The number of non-ortho nitro benzene ring substituents is 1. The van der Waals surface area contributed by atoms with Crippen molar-refractivity contribution in [3.8, 4) is 17.5 Å². The van der Waals surface area contributed by atoms with Crippen LogP contribution in [-0.4, -0.2) is 36.2 Å². The van der Waals surface area contributed by atoms with Gasteiger partial charge in [0.2, 0.25) is 5.36 Å². The molecule has 2 heterocycles. The molecule has 214 valence electrons. The fourth-order valence-corrected chi connectivity index (χ4v) is 3.69. The Bertz CT molecular complexity index is 1750. The average Bonchev–Trinajstić information content (AvgIpc) is 2.98. The van der Waals surface area contributed by atoms with E-state index in [-0.39, 0.29) is 39.3 Å². The quantitative estimate of drug-likeness (QED) is 0.102. The number of nitrogens with zero attached hydrogens (tertiary/aromatic N) is 6. The monoisotopic (exact) mass is 573 g/mol. The van der Waals surface area contributed by atoms with Crippen LogP contribution >= 0.6 is 0 Å². The Kier molecular flexibility index (Phi) is 8.38. The zero-order valence-electron chi connectivity index (χ0n) is 20.9. The normalized spacial score (nSPS) is 12.1. The Hall–Kier alpha value is -6.29. The summed E-state index contributed by atoms with van der Waals surface area (Å²) in [5, 5.41) is 80.3. The summed E-state index contributed by atoms with van der Waals surface area (Å²) in [6, 6.07) is 9.11. The summed E-state index contributed by atoms with van der Waals surface area (Å²) in [5.41, 5.74) is 3.04. The Morgan fingerprint density at radius 1 is 1.10 bits per heavy atom. The standard InChI is InChI=1S/C24H18N10O8/c25-11-14-9-15(32(37)38)1-3-17(14)29-24(36)21(30-31-23(35)13-5-7-26-8-6-13)22(34(41)42)20-12-27-18-4-2-16(33(39)40)10-19(18)28-20/h1-10,12,22,41H,(H5-,26,27,28,29,30,31,35,36,39,40)/q-2/p-1. The van der Waals surface area contributed by atoms with E-state index < -0.39 is 44.3 Å². The van der Waals surface area contributed by atoms with Crippen molar-refractivity contribution in [1.82, 2.24) is 35.9 Å². The molecule has 0 radical (unpaired) electrons. The third-order valence-corrected chi connectivity index (χ3v) is 5.68. The van der Waals surface area contributed by atoms with Gasteiger partial charge in [0.25, 0.3) is 11.6 Å². The van der Waals surface area contributed by atoms with E-state index in [0.717, 1.165) is 30.5 Å². The van der Waals surface area contributed by atoms with E-state index >= 15 is 0 Å². The minimum atomic E-state index is -1.96. The molecule has 1 atom stereocenters. The molecule has 1 aliphatic carbocycles. The van der Waals surface area contributed by atoms with Crippen LogP contribution in [0, 0.1) is 37.1 Å². The van der Waals surface area contributed by atoms with Gasteiger partial charge in [0.15, 0.2) is 0 Å². The molecular formula is C24H17N10O8-3. The van der Waals surface area contributed by atoms with Crippen molar-refractivity contribution in [2.75, 3.05) is 5.32 Å². The van der Waals surface area contributed by atoms with Crippen molar-refractivity contribution >= 4 is 17.3 Å². The summed E-state index contributed by atoms with van der Waals surface area (Å²) in [6.45, 7) is 0. The summed E-state index contributed by atoms with van der Waals surface area (Å²) < 4.78 is 0. The molecule has 0 spiro atoms. The summed E-state index contributed by atoms with van der Waals surface area (Å²) in [5.74, 6) is -1.94. The first-order valence-electron chi connectivity index (χ1n) is 11.5. The van der Waals surface area contributed by atoms with Crippen LogP contribution in [0.2, 0.25) is 0 Å². The minimum Gasteiger partial charge on any atom is -0.859 e. The van der Waals surface area contributed by atoms with Crippen LogP contribution in [0.25, 0.3) is 11.4 Å². The second kappa shape index (κ2) is 12.3. The molecule has 0 bridgehead atoms. The van der Waals surface area contributed by atoms with Crippen molar-refractivity contribution in [3.63, 3.8) is 0 Å². The maximum atomic E-state index is 13.5. The number of nitro groups is 1. The molecule has 1 aliphatic heterocycles. The fraction of sp³-hybridized carbons (Fsp3) is 0.0417. The number of hydrogen-bond donors (Lipinski definition) is 5. The topological polar surface area (TPSA) is 280 Å². The molecule has 18 heteroatoms. The van der Waals surface area contributed by atoms with Gasteiger partial charge in [0.1, 0.15) is 12.1 Å². The predicted molar refractivity (Wildman–Crippen MR) is 140 cm³/mol. The van der Waals surface area contributed by atoms with Gasteiger partial charge in [0, 0.05) is 48.4 Å². The number of pyridine rings is 1. The lowest BCUT2D eigenvalue weighted by atomic mass is 10.1. The van der Waals surface area contributed by atoms with Gasteiger partial charge in [-0.2, -0.15) is 10.2 Å². The van der Waals surface area contributed by atoms with Crippen molar-refractivity contribution in [2.24, 2.45) is 0 Å². The molecule has 1 amide bonds. The molecule has 1 aromatic heterocycles. The maximum absolute atomic E-state index is 13.5. The Labute approximate surface area is 234 Å². The highest BCUT2D eigenvalue weighted by atomic mass is 16.8. The molecule has 2 aromatic rings. The zero-order chi connectivity index (χ0) is 30.4. The smallest absolute Gasteiger partial charge is 0.270 e. The lowest BCUT2D eigenvalue weighted by Crippen LogP contribution is -2.43. The summed E-state index contributed by atoms with van der Waals surface area (Å²) in [6.07, 6.45) is 3.73. The number of carbonyl (C=O) groups excluding carboxylic acids is 1. The van der Waals surface area contributed by atoms with E-state index in [1.165, 1.54) is 36.7 Å². The summed E-state index contributed by atoms with van der Waals surface area (Å²) in [4.78, 5) is 32.9. The number of amides is 1. The number of nitrogens with one attached hydrogen (secondary N) is 4. The number of aromatic amines is 1. The van der Waals surface area contributed by atoms with E-state index in [4.69, 9.17) is 0 Å². The Morgan fingerprint density at radius 3 is 2.48 bits per heavy atom. The molecule has 0 fully saturated rings. The van der Waals surface area contributed by atoms with E-state index in [2.05, 4.69) is 31.1 Å². The summed E-state index contributed by atoms with van der Waals surface area (Å²) >= 11 is 0. The highest BCUT2D eigenvalue weighted by molar-refractivity contribution is 5.93. The maximum Gasteiger partial charge on any atom is 0.270 e. The van der Waals surface area contributed by atoms with Crippen LogP contribution < -0.4 is 31.5 Å². The van der Waals surface area contributed by atoms with Crippen LogP contribution in [0.4, 0.5) is 11.4 Å². The number of hydrogen-bond acceptors (Lipinski definition) is 14.